The van der Waals surface area contributed by atoms with E-state index in [2.05, 4.69) is 17.2 Å². The zero-order chi connectivity index (χ0) is 15.5. The first-order valence-corrected chi connectivity index (χ1v) is 6.86. The number of carbonyl (C=O) groups is 2. The summed E-state index contributed by atoms with van der Waals surface area (Å²) in [5, 5.41) is 2.78. The van der Waals surface area contributed by atoms with Crippen LogP contribution in [0, 0.1) is 11.8 Å². The van der Waals surface area contributed by atoms with Crippen molar-refractivity contribution in [1.82, 2.24) is 10.2 Å². The second-order valence-electron chi connectivity index (χ2n) is 5.35. The normalized spacial score (nSPS) is 16.7. The van der Waals surface area contributed by atoms with Gasteiger partial charge in [-0.2, -0.15) is 0 Å². The van der Waals surface area contributed by atoms with Crippen LogP contribution in [0.1, 0.15) is 29.8 Å². The Morgan fingerprint density at radius 2 is 2.05 bits per heavy atom. The molecule has 110 valence electrons. The third-order valence-corrected chi connectivity index (χ3v) is 3.56. The minimum Gasteiger partial charge on any atom is -0.352 e. The number of benzene rings is 1. The van der Waals surface area contributed by atoms with Gasteiger partial charge in [-0.05, 0) is 38.1 Å². The van der Waals surface area contributed by atoms with Gasteiger partial charge in [0.1, 0.15) is 5.54 Å². The van der Waals surface area contributed by atoms with E-state index in [4.69, 9.17) is 5.73 Å². The summed E-state index contributed by atoms with van der Waals surface area (Å²) >= 11 is 0. The topological polar surface area (TPSA) is 75.4 Å². The number of amides is 2. The maximum absolute atomic E-state index is 12.6. The second kappa shape index (κ2) is 5.98. The van der Waals surface area contributed by atoms with E-state index in [0.717, 1.165) is 5.56 Å². The number of piperazine rings is 1. The fourth-order valence-electron chi connectivity index (χ4n) is 2.26. The van der Waals surface area contributed by atoms with Gasteiger partial charge in [0.25, 0.3) is 5.91 Å². The molecule has 3 N–H and O–H groups in total. The van der Waals surface area contributed by atoms with Crippen molar-refractivity contribution in [2.24, 2.45) is 5.73 Å². The van der Waals surface area contributed by atoms with Gasteiger partial charge >= 0.3 is 0 Å². The van der Waals surface area contributed by atoms with Crippen molar-refractivity contribution in [1.29, 1.82) is 0 Å². The first-order valence-electron chi connectivity index (χ1n) is 6.86. The van der Waals surface area contributed by atoms with Crippen molar-refractivity contribution in [2.75, 3.05) is 19.6 Å². The quantitative estimate of drug-likeness (QED) is 0.731. The number of hydrogen-bond donors (Lipinski definition) is 2. The Morgan fingerprint density at radius 1 is 1.38 bits per heavy atom. The van der Waals surface area contributed by atoms with Crippen molar-refractivity contribution in [2.45, 2.75) is 19.4 Å². The monoisotopic (exact) mass is 285 g/mol. The molecule has 21 heavy (non-hydrogen) atoms. The molecule has 5 nitrogen and oxygen atoms in total. The van der Waals surface area contributed by atoms with Gasteiger partial charge in [-0.1, -0.05) is 11.8 Å². The van der Waals surface area contributed by atoms with Crippen LogP contribution in [-0.2, 0) is 4.79 Å². The van der Waals surface area contributed by atoms with Crippen LogP contribution in [0.15, 0.2) is 24.3 Å². The van der Waals surface area contributed by atoms with Gasteiger partial charge in [0.05, 0.1) is 6.54 Å². The lowest BCUT2D eigenvalue weighted by Gasteiger charge is -2.41. The number of nitrogens with two attached hydrogens (primary N) is 1. The molecule has 0 unspecified atom stereocenters. The van der Waals surface area contributed by atoms with Gasteiger partial charge in [0, 0.05) is 24.2 Å². The molecule has 1 fully saturated rings. The smallest absolute Gasteiger partial charge is 0.254 e. The molecule has 1 heterocycles. The molecule has 0 atom stereocenters. The van der Waals surface area contributed by atoms with Crippen molar-refractivity contribution >= 4 is 11.8 Å². The molecule has 0 saturated carbocycles. The Labute approximate surface area is 124 Å². The average Bonchev–Trinajstić information content (AvgIpc) is 2.48. The van der Waals surface area contributed by atoms with E-state index in [9.17, 15) is 9.59 Å². The maximum atomic E-state index is 12.6. The molecule has 0 spiro atoms. The van der Waals surface area contributed by atoms with E-state index in [-0.39, 0.29) is 11.8 Å². The molecule has 0 radical (unpaired) electrons. The lowest BCUT2D eigenvalue weighted by molar-refractivity contribution is -0.133. The number of nitrogens with one attached hydrogen (secondary N) is 1. The van der Waals surface area contributed by atoms with Crippen LogP contribution in [0.4, 0.5) is 0 Å². The van der Waals surface area contributed by atoms with Gasteiger partial charge in [-0.15, -0.1) is 0 Å². The molecule has 1 aliphatic rings. The molecule has 2 rings (SSSR count). The van der Waals surface area contributed by atoms with Crippen molar-refractivity contribution in [3.8, 4) is 11.8 Å². The van der Waals surface area contributed by atoms with Gasteiger partial charge in [-0.3, -0.25) is 9.59 Å². The molecular weight excluding hydrogens is 266 g/mol. The highest BCUT2D eigenvalue weighted by Crippen LogP contribution is 2.20. The van der Waals surface area contributed by atoms with Crippen molar-refractivity contribution < 1.29 is 9.59 Å². The van der Waals surface area contributed by atoms with E-state index < -0.39 is 5.54 Å². The largest absolute Gasteiger partial charge is 0.352 e. The molecule has 0 aromatic heterocycles. The van der Waals surface area contributed by atoms with Crippen LogP contribution in [0.2, 0.25) is 0 Å². The third kappa shape index (κ3) is 3.06. The molecule has 1 saturated heterocycles. The van der Waals surface area contributed by atoms with E-state index in [1.165, 1.54) is 0 Å². The highest BCUT2D eigenvalue weighted by Gasteiger charge is 2.40. The zero-order valence-electron chi connectivity index (χ0n) is 12.3. The van der Waals surface area contributed by atoms with Crippen molar-refractivity contribution in [3.05, 3.63) is 35.4 Å². The highest BCUT2D eigenvalue weighted by atomic mass is 16.2. The fourth-order valence-corrected chi connectivity index (χ4v) is 2.26. The minimum atomic E-state index is -0.840. The number of hydrogen-bond acceptors (Lipinski definition) is 3. The maximum Gasteiger partial charge on any atom is 0.254 e. The van der Waals surface area contributed by atoms with Gasteiger partial charge in [0.15, 0.2) is 0 Å². The van der Waals surface area contributed by atoms with Crippen LogP contribution in [0.3, 0.4) is 0 Å². The molecule has 0 aliphatic carbocycles. The Kier molecular flexibility index (Phi) is 4.29. The van der Waals surface area contributed by atoms with E-state index in [1.54, 1.807) is 43.0 Å². The van der Waals surface area contributed by atoms with Crippen LogP contribution in [0.25, 0.3) is 0 Å². The lowest BCUT2D eigenvalue weighted by Crippen LogP contribution is -2.63. The van der Waals surface area contributed by atoms with E-state index in [0.29, 0.717) is 25.2 Å². The SMILES string of the molecule is CC1(C)C(=O)NCCN1C(=O)c1ccc(C#CCN)cc1. The van der Waals surface area contributed by atoms with E-state index >= 15 is 0 Å². The predicted octanol–water partition coefficient (Wildman–Crippen LogP) is 0.347. The third-order valence-electron chi connectivity index (χ3n) is 3.56. The van der Waals surface area contributed by atoms with Crippen LogP contribution < -0.4 is 11.1 Å². The Balaban J connectivity index is 2.21. The Bertz CT molecular complexity index is 609. The first kappa shape index (κ1) is 15.1. The fraction of sp³-hybridized carbons (Fsp3) is 0.375. The Morgan fingerprint density at radius 3 is 2.67 bits per heavy atom. The molecule has 2 amide bonds. The summed E-state index contributed by atoms with van der Waals surface area (Å²) in [4.78, 5) is 26.1. The van der Waals surface area contributed by atoms with Gasteiger partial charge in [-0.25, -0.2) is 0 Å². The predicted molar refractivity (Wildman–Crippen MR) is 80.5 cm³/mol. The summed E-state index contributed by atoms with van der Waals surface area (Å²) in [5.41, 5.74) is 5.85. The summed E-state index contributed by atoms with van der Waals surface area (Å²) in [6, 6.07) is 7.02. The first-order chi connectivity index (χ1) is 9.96. The molecule has 1 aromatic rings. The average molecular weight is 285 g/mol. The highest BCUT2D eigenvalue weighted by molar-refractivity contribution is 5.99. The van der Waals surface area contributed by atoms with E-state index in [1.807, 2.05) is 0 Å². The van der Waals surface area contributed by atoms with Gasteiger partial charge < -0.3 is 16.0 Å². The van der Waals surface area contributed by atoms with Gasteiger partial charge in [0.2, 0.25) is 5.91 Å². The number of nitrogens with zero attached hydrogens (tertiary/aromatic N) is 1. The molecule has 5 heteroatoms. The number of rotatable bonds is 1. The minimum absolute atomic E-state index is 0.132. The molecule has 1 aromatic carbocycles. The summed E-state index contributed by atoms with van der Waals surface area (Å²) in [7, 11) is 0. The molecule has 0 bridgehead atoms. The van der Waals surface area contributed by atoms with Crippen molar-refractivity contribution in [3.63, 3.8) is 0 Å². The zero-order valence-corrected chi connectivity index (χ0v) is 12.3. The summed E-state index contributed by atoms with van der Waals surface area (Å²) < 4.78 is 0. The number of carbonyl (C=O) groups excluding carboxylic acids is 2. The summed E-state index contributed by atoms with van der Waals surface area (Å²) in [5.74, 6) is 5.40. The molecule has 1 aliphatic heterocycles. The molecular formula is C16H19N3O2. The summed E-state index contributed by atoms with van der Waals surface area (Å²) in [6.07, 6.45) is 0. The van der Waals surface area contributed by atoms with Crippen LogP contribution in [-0.4, -0.2) is 41.9 Å². The standard InChI is InChI=1S/C16H19N3O2/c1-16(2)15(21)18-10-11-19(16)14(20)13-7-5-12(6-8-13)4-3-9-17/h5-8H,9-11,17H2,1-2H3,(H,18,21). The lowest BCUT2D eigenvalue weighted by atomic mass is 9.97. The Hall–Kier alpha value is -2.32. The van der Waals surface area contributed by atoms with Crippen LogP contribution >= 0.6 is 0 Å². The second-order valence-corrected chi connectivity index (χ2v) is 5.35. The summed E-state index contributed by atoms with van der Waals surface area (Å²) in [6.45, 7) is 4.79. The van der Waals surface area contributed by atoms with Crippen LogP contribution in [0.5, 0.6) is 0 Å².